The van der Waals surface area contributed by atoms with E-state index < -0.39 is 5.91 Å². The van der Waals surface area contributed by atoms with E-state index >= 15 is 0 Å². The Morgan fingerprint density at radius 2 is 2.00 bits per heavy atom. The molecule has 0 fully saturated rings. The van der Waals surface area contributed by atoms with Crippen LogP contribution >= 0.6 is 0 Å². The topological polar surface area (TPSA) is 64.7 Å². The molecular weight excluding hydrogens is 228 g/mol. The van der Waals surface area contributed by atoms with Gasteiger partial charge >= 0.3 is 0 Å². The fourth-order valence-electron chi connectivity index (χ4n) is 1.03. The van der Waals surface area contributed by atoms with Gasteiger partial charge < -0.3 is 10.5 Å². The van der Waals surface area contributed by atoms with Gasteiger partial charge in [0.15, 0.2) is 0 Å². The van der Waals surface area contributed by atoms with E-state index in [1.807, 2.05) is 32.9 Å². The van der Waals surface area contributed by atoms with Crippen LogP contribution in [0.1, 0.15) is 27.2 Å². The lowest BCUT2D eigenvalue weighted by atomic mass is 10.2. The summed E-state index contributed by atoms with van der Waals surface area (Å²) in [6, 6.07) is 0. The molecule has 0 rings (SSSR count). The summed E-state index contributed by atoms with van der Waals surface area (Å²) >= 11 is 0. The lowest BCUT2D eigenvalue weighted by Gasteiger charge is -2.07. The maximum absolute atomic E-state index is 10.9. The first-order valence-electron chi connectivity index (χ1n) is 5.59. The van der Waals surface area contributed by atoms with Gasteiger partial charge in [0, 0.05) is 12.5 Å². The van der Waals surface area contributed by atoms with E-state index in [-0.39, 0.29) is 5.70 Å². The van der Waals surface area contributed by atoms with Crippen molar-refractivity contribution in [2.75, 3.05) is 0 Å². The van der Waals surface area contributed by atoms with Crippen LogP contribution in [0, 0.1) is 0 Å². The van der Waals surface area contributed by atoms with Crippen molar-refractivity contribution in [1.29, 1.82) is 0 Å². The number of rotatable bonds is 7. The number of primary amides is 1. The van der Waals surface area contributed by atoms with Crippen molar-refractivity contribution in [3.05, 3.63) is 47.6 Å². The molecule has 0 aromatic heterocycles. The number of nitrogens with two attached hydrogens (primary N) is 1. The number of nitrogens with zero attached hydrogens (tertiary/aromatic N) is 1. The van der Waals surface area contributed by atoms with Crippen molar-refractivity contribution < 1.29 is 9.53 Å². The number of aliphatic imine (C=N–C) groups is 1. The Bertz CT molecular complexity index is 425. The number of carbonyl (C=O) groups is 1. The van der Waals surface area contributed by atoms with E-state index in [0.29, 0.717) is 12.2 Å². The third-order valence-electron chi connectivity index (χ3n) is 1.93. The Morgan fingerprint density at radius 1 is 1.39 bits per heavy atom. The van der Waals surface area contributed by atoms with Gasteiger partial charge in [-0.2, -0.15) is 0 Å². The van der Waals surface area contributed by atoms with Gasteiger partial charge in [-0.25, -0.2) is 0 Å². The molecule has 98 valence electrons. The van der Waals surface area contributed by atoms with E-state index in [9.17, 15) is 4.79 Å². The fraction of sp³-hybridized carbons (Fsp3) is 0.286. The highest BCUT2D eigenvalue weighted by atomic mass is 16.5. The molecular formula is C14H20N2O2. The molecule has 0 aliphatic rings. The predicted molar refractivity (Wildman–Crippen MR) is 74.9 cm³/mol. The van der Waals surface area contributed by atoms with Crippen LogP contribution in [0.15, 0.2) is 52.6 Å². The van der Waals surface area contributed by atoms with Gasteiger partial charge in [-0.3, -0.25) is 9.79 Å². The summed E-state index contributed by atoms with van der Waals surface area (Å²) in [4.78, 5) is 14.4. The van der Waals surface area contributed by atoms with Crippen molar-refractivity contribution in [2.45, 2.75) is 27.2 Å². The molecule has 0 aliphatic carbocycles. The molecule has 0 heterocycles. The number of carbonyl (C=O) groups excluding carboxylic acids is 1. The maximum atomic E-state index is 10.9. The Kier molecular flexibility index (Phi) is 7.12. The molecule has 0 radical (unpaired) electrons. The normalized spacial score (nSPS) is 11.7. The lowest BCUT2D eigenvalue weighted by Crippen LogP contribution is -2.12. The van der Waals surface area contributed by atoms with Crippen LogP contribution in [0.4, 0.5) is 0 Å². The summed E-state index contributed by atoms with van der Waals surface area (Å²) in [5.41, 5.74) is 6.28. The van der Waals surface area contributed by atoms with E-state index in [1.54, 1.807) is 0 Å². The highest BCUT2D eigenvalue weighted by Gasteiger charge is 2.04. The Morgan fingerprint density at radius 3 is 2.39 bits per heavy atom. The smallest absolute Gasteiger partial charge is 0.267 e. The molecule has 0 aliphatic heterocycles. The predicted octanol–water partition coefficient (Wildman–Crippen LogP) is 2.85. The molecule has 1 amide bonds. The molecule has 0 unspecified atom stereocenters. The van der Waals surface area contributed by atoms with Gasteiger partial charge in [-0.05, 0) is 26.6 Å². The van der Waals surface area contributed by atoms with Gasteiger partial charge in [0.1, 0.15) is 17.2 Å². The van der Waals surface area contributed by atoms with E-state index in [0.717, 1.165) is 11.3 Å². The second kappa shape index (κ2) is 8.06. The minimum Gasteiger partial charge on any atom is -0.462 e. The minimum absolute atomic E-state index is 0.0256. The maximum Gasteiger partial charge on any atom is 0.267 e. The van der Waals surface area contributed by atoms with Gasteiger partial charge in [0.2, 0.25) is 0 Å². The summed E-state index contributed by atoms with van der Waals surface area (Å²) < 4.78 is 5.48. The van der Waals surface area contributed by atoms with Crippen molar-refractivity contribution in [2.24, 2.45) is 10.7 Å². The summed E-state index contributed by atoms with van der Waals surface area (Å²) in [7, 11) is 0. The van der Waals surface area contributed by atoms with E-state index in [1.165, 1.54) is 6.08 Å². The van der Waals surface area contributed by atoms with Gasteiger partial charge in [0.25, 0.3) is 5.91 Å². The van der Waals surface area contributed by atoms with Crippen LogP contribution in [-0.4, -0.2) is 12.6 Å². The SMILES string of the molecule is C=N/C(=C\C(=C)O/C(=C/C=C(C)C)CC)C(N)=O. The summed E-state index contributed by atoms with van der Waals surface area (Å²) in [6.07, 6.45) is 5.88. The fourth-order valence-corrected chi connectivity index (χ4v) is 1.03. The first-order chi connectivity index (χ1) is 8.40. The average Bonchev–Trinajstić information content (AvgIpc) is 2.30. The molecule has 0 bridgehead atoms. The molecule has 4 heteroatoms. The Hall–Kier alpha value is -2.10. The molecule has 4 nitrogen and oxygen atoms in total. The largest absolute Gasteiger partial charge is 0.462 e. The van der Waals surface area contributed by atoms with Crippen LogP contribution in [0.2, 0.25) is 0 Å². The van der Waals surface area contributed by atoms with Crippen molar-refractivity contribution in [3.63, 3.8) is 0 Å². The standard InChI is InChI=1S/C14H20N2O2/c1-6-12(8-7-10(2)3)18-11(4)9-13(16-5)14(15)17/h7-9H,4-6H2,1-3H3,(H2,15,17)/b12-8+,13-9-. The molecule has 0 saturated carbocycles. The number of hydrogen-bond acceptors (Lipinski definition) is 3. The van der Waals surface area contributed by atoms with Crippen LogP contribution in [0.25, 0.3) is 0 Å². The number of allylic oxidation sites excluding steroid dienone is 5. The average molecular weight is 248 g/mol. The quantitative estimate of drug-likeness (QED) is 0.326. The van der Waals surface area contributed by atoms with E-state index in [2.05, 4.69) is 18.3 Å². The molecule has 0 saturated heterocycles. The number of ether oxygens (including phenoxy) is 1. The van der Waals surface area contributed by atoms with Crippen molar-refractivity contribution in [1.82, 2.24) is 0 Å². The third kappa shape index (κ3) is 6.48. The molecule has 0 aromatic rings. The summed E-state index contributed by atoms with van der Waals surface area (Å²) in [6.45, 7) is 12.9. The minimum atomic E-state index is -0.666. The van der Waals surface area contributed by atoms with Gasteiger partial charge in [-0.1, -0.05) is 25.2 Å². The number of amides is 1. The first kappa shape index (κ1) is 15.9. The molecule has 0 spiro atoms. The Balaban J connectivity index is 4.83. The zero-order valence-corrected chi connectivity index (χ0v) is 11.2. The second-order valence-corrected chi connectivity index (χ2v) is 3.85. The van der Waals surface area contributed by atoms with Gasteiger partial charge in [-0.15, -0.1) is 0 Å². The van der Waals surface area contributed by atoms with E-state index in [4.69, 9.17) is 10.5 Å². The first-order valence-corrected chi connectivity index (χ1v) is 5.59. The zero-order chi connectivity index (χ0) is 14.1. The highest BCUT2D eigenvalue weighted by Crippen LogP contribution is 2.12. The van der Waals surface area contributed by atoms with Crippen LogP contribution in [0.5, 0.6) is 0 Å². The molecule has 0 atom stereocenters. The van der Waals surface area contributed by atoms with Crippen LogP contribution in [-0.2, 0) is 9.53 Å². The van der Waals surface area contributed by atoms with Crippen LogP contribution in [0.3, 0.4) is 0 Å². The third-order valence-corrected chi connectivity index (χ3v) is 1.93. The number of hydrogen-bond donors (Lipinski definition) is 1. The summed E-state index contributed by atoms with van der Waals surface area (Å²) in [5.74, 6) is 0.373. The zero-order valence-electron chi connectivity index (χ0n) is 11.2. The van der Waals surface area contributed by atoms with Crippen molar-refractivity contribution in [3.8, 4) is 0 Å². The highest BCUT2D eigenvalue weighted by molar-refractivity contribution is 5.92. The summed E-state index contributed by atoms with van der Waals surface area (Å²) in [5, 5.41) is 0. The van der Waals surface area contributed by atoms with Crippen molar-refractivity contribution >= 4 is 12.6 Å². The van der Waals surface area contributed by atoms with Gasteiger partial charge in [0.05, 0.1) is 0 Å². The lowest BCUT2D eigenvalue weighted by molar-refractivity contribution is -0.114. The molecule has 0 aromatic carbocycles. The molecule has 2 N–H and O–H groups in total. The van der Waals surface area contributed by atoms with Crippen LogP contribution < -0.4 is 5.73 Å². The molecule has 18 heavy (non-hydrogen) atoms. The second-order valence-electron chi connectivity index (χ2n) is 3.85. The Labute approximate surface area is 108 Å². The monoisotopic (exact) mass is 248 g/mol.